The highest BCUT2D eigenvalue weighted by atomic mass is 15.1. The van der Waals surface area contributed by atoms with Crippen molar-refractivity contribution in [2.75, 3.05) is 13.1 Å². The maximum absolute atomic E-state index is 4.27. The van der Waals surface area contributed by atoms with Gasteiger partial charge in [0.15, 0.2) is 0 Å². The van der Waals surface area contributed by atoms with E-state index in [2.05, 4.69) is 34.8 Å². The lowest BCUT2D eigenvalue weighted by molar-refractivity contribution is 0.703. The van der Waals surface area contributed by atoms with Crippen LogP contribution in [0.2, 0.25) is 0 Å². The third kappa shape index (κ3) is 3.43. The molecule has 0 amide bonds. The maximum Gasteiger partial charge on any atom is 0.0953 e. The largest absolute Gasteiger partial charge is 0.328 e. The van der Waals surface area contributed by atoms with Crippen LogP contribution < -0.4 is 5.32 Å². The summed E-state index contributed by atoms with van der Waals surface area (Å²) in [6.07, 6.45) is 11.2. The maximum atomic E-state index is 4.27. The standard InChI is InChI=1S/C14H23N3/c1-3-7-15-9-12(4-2)8-14-10-16-11-17(14)13-5-6-13/h8,10-11,13,15H,3-7,9H2,1-2H3. The van der Waals surface area contributed by atoms with E-state index in [0.717, 1.165) is 19.5 Å². The molecule has 3 heteroatoms. The Morgan fingerprint density at radius 1 is 1.53 bits per heavy atom. The summed E-state index contributed by atoms with van der Waals surface area (Å²) in [5.41, 5.74) is 2.73. The Hall–Kier alpha value is -1.09. The Morgan fingerprint density at radius 2 is 2.35 bits per heavy atom. The molecule has 0 aliphatic heterocycles. The molecule has 0 atom stereocenters. The monoisotopic (exact) mass is 233 g/mol. The molecule has 1 heterocycles. The molecule has 1 aliphatic carbocycles. The average Bonchev–Trinajstić information content (AvgIpc) is 3.09. The van der Waals surface area contributed by atoms with Crippen molar-refractivity contribution in [3.05, 3.63) is 23.8 Å². The highest BCUT2D eigenvalue weighted by Crippen LogP contribution is 2.36. The normalized spacial score (nSPS) is 16.5. The van der Waals surface area contributed by atoms with Gasteiger partial charge in [0.2, 0.25) is 0 Å². The van der Waals surface area contributed by atoms with Crippen LogP contribution in [-0.4, -0.2) is 22.6 Å². The van der Waals surface area contributed by atoms with E-state index in [1.165, 1.54) is 30.5 Å². The van der Waals surface area contributed by atoms with Gasteiger partial charge in [0.25, 0.3) is 0 Å². The molecule has 1 aromatic rings. The van der Waals surface area contributed by atoms with Crippen molar-refractivity contribution in [2.45, 2.75) is 45.6 Å². The summed E-state index contributed by atoms with van der Waals surface area (Å²) in [6.45, 7) is 6.52. The van der Waals surface area contributed by atoms with Gasteiger partial charge in [-0.25, -0.2) is 4.98 Å². The van der Waals surface area contributed by atoms with Crippen molar-refractivity contribution in [2.24, 2.45) is 0 Å². The molecule has 1 aliphatic rings. The molecule has 0 radical (unpaired) electrons. The van der Waals surface area contributed by atoms with E-state index in [1.807, 2.05) is 12.5 Å². The predicted octanol–water partition coefficient (Wildman–Crippen LogP) is 3.01. The lowest BCUT2D eigenvalue weighted by Gasteiger charge is -2.08. The molecule has 94 valence electrons. The van der Waals surface area contributed by atoms with Gasteiger partial charge >= 0.3 is 0 Å². The molecule has 0 spiro atoms. The molecule has 3 nitrogen and oxygen atoms in total. The zero-order valence-corrected chi connectivity index (χ0v) is 10.9. The second-order valence-corrected chi connectivity index (χ2v) is 4.79. The molecule has 0 bridgehead atoms. The first-order valence-corrected chi connectivity index (χ1v) is 6.77. The van der Waals surface area contributed by atoms with Crippen LogP contribution in [0.25, 0.3) is 6.08 Å². The van der Waals surface area contributed by atoms with Gasteiger partial charge in [-0.3, -0.25) is 0 Å². The number of aromatic nitrogens is 2. The predicted molar refractivity (Wildman–Crippen MR) is 71.9 cm³/mol. The summed E-state index contributed by atoms with van der Waals surface area (Å²) in [5, 5.41) is 3.46. The van der Waals surface area contributed by atoms with Crippen LogP contribution in [0.1, 0.15) is 51.3 Å². The molecule has 1 aromatic heterocycles. The summed E-state index contributed by atoms with van der Waals surface area (Å²) in [4.78, 5) is 4.27. The second-order valence-electron chi connectivity index (χ2n) is 4.79. The van der Waals surface area contributed by atoms with Crippen LogP contribution in [0.3, 0.4) is 0 Å². The smallest absolute Gasteiger partial charge is 0.0953 e. The van der Waals surface area contributed by atoms with Gasteiger partial charge < -0.3 is 9.88 Å². The highest BCUT2D eigenvalue weighted by Gasteiger charge is 2.24. The zero-order valence-electron chi connectivity index (χ0n) is 10.9. The Morgan fingerprint density at radius 3 is 3.00 bits per heavy atom. The molecule has 0 aromatic carbocycles. The average molecular weight is 233 g/mol. The van der Waals surface area contributed by atoms with Crippen LogP contribution in [-0.2, 0) is 0 Å². The Labute approximate surface area is 104 Å². The fourth-order valence-corrected chi connectivity index (χ4v) is 2.00. The Bertz CT molecular complexity index is 375. The molecular weight excluding hydrogens is 210 g/mol. The SMILES string of the molecule is CCCNCC(=Cc1cncn1C1CC1)CC. The summed E-state index contributed by atoms with van der Waals surface area (Å²) >= 11 is 0. The number of imidazole rings is 1. The van der Waals surface area contributed by atoms with Crippen LogP contribution in [0, 0.1) is 0 Å². The van der Waals surface area contributed by atoms with Crippen molar-refractivity contribution < 1.29 is 0 Å². The lowest BCUT2D eigenvalue weighted by Crippen LogP contribution is -2.17. The number of hydrogen-bond acceptors (Lipinski definition) is 2. The molecule has 17 heavy (non-hydrogen) atoms. The van der Waals surface area contributed by atoms with Crippen LogP contribution in [0.5, 0.6) is 0 Å². The van der Waals surface area contributed by atoms with Crippen LogP contribution in [0.15, 0.2) is 18.1 Å². The minimum absolute atomic E-state index is 0.713. The van der Waals surface area contributed by atoms with E-state index in [1.54, 1.807) is 0 Å². The van der Waals surface area contributed by atoms with Gasteiger partial charge in [-0.1, -0.05) is 19.4 Å². The van der Waals surface area contributed by atoms with Crippen LogP contribution >= 0.6 is 0 Å². The van der Waals surface area contributed by atoms with Crippen molar-refractivity contribution in [1.82, 2.24) is 14.9 Å². The highest BCUT2D eigenvalue weighted by molar-refractivity contribution is 5.49. The van der Waals surface area contributed by atoms with Gasteiger partial charge in [-0.2, -0.15) is 0 Å². The molecule has 1 saturated carbocycles. The topological polar surface area (TPSA) is 29.9 Å². The van der Waals surface area contributed by atoms with Gasteiger partial charge in [0.1, 0.15) is 0 Å². The van der Waals surface area contributed by atoms with Gasteiger partial charge in [-0.15, -0.1) is 0 Å². The van der Waals surface area contributed by atoms with Gasteiger partial charge in [0.05, 0.1) is 18.2 Å². The number of hydrogen-bond donors (Lipinski definition) is 1. The first-order chi connectivity index (χ1) is 8.35. The zero-order chi connectivity index (χ0) is 12.1. The van der Waals surface area contributed by atoms with E-state index in [0.29, 0.717) is 6.04 Å². The van der Waals surface area contributed by atoms with E-state index >= 15 is 0 Å². The van der Waals surface area contributed by atoms with Crippen molar-refractivity contribution in [3.8, 4) is 0 Å². The molecule has 0 saturated heterocycles. The van der Waals surface area contributed by atoms with Crippen molar-refractivity contribution >= 4 is 6.08 Å². The van der Waals surface area contributed by atoms with E-state index in [9.17, 15) is 0 Å². The number of nitrogens with one attached hydrogen (secondary N) is 1. The third-order valence-electron chi connectivity index (χ3n) is 3.22. The molecule has 0 unspecified atom stereocenters. The number of rotatable bonds is 7. The first-order valence-electron chi connectivity index (χ1n) is 6.77. The lowest BCUT2D eigenvalue weighted by atomic mass is 10.1. The number of nitrogens with zero attached hydrogens (tertiary/aromatic N) is 2. The Balaban J connectivity index is 2.01. The van der Waals surface area contributed by atoms with E-state index < -0.39 is 0 Å². The molecular formula is C14H23N3. The van der Waals surface area contributed by atoms with Crippen molar-refractivity contribution in [3.63, 3.8) is 0 Å². The fraction of sp³-hybridized carbons (Fsp3) is 0.643. The third-order valence-corrected chi connectivity index (χ3v) is 3.22. The summed E-state index contributed by atoms with van der Waals surface area (Å²) in [6, 6.07) is 0.713. The molecule has 1 fully saturated rings. The second kappa shape index (κ2) is 6.01. The van der Waals surface area contributed by atoms with Crippen LogP contribution in [0.4, 0.5) is 0 Å². The molecule has 1 N–H and O–H groups in total. The Kier molecular flexibility index (Phi) is 4.37. The minimum Gasteiger partial charge on any atom is -0.328 e. The summed E-state index contributed by atoms with van der Waals surface area (Å²) in [5.74, 6) is 0. The van der Waals surface area contributed by atoms with Gasteiger partial charge in [0, 0.05) is 12.6 Å². The quantitative estimate of drug-likeness (QED) is 0.734. The summed E-state index contributed by atoms with van der Waals surface area (Å²) in [7, 11) is 0. The van der Waals surface area contributed by atoms with E-state index in [4.69, 9.17) is 0 Å². The van der Waals surface area contributed by atoms with E-state index in [-0.39, 0.29) is 0 Å². The summed E-state index contributed by atoms with van der Waals surface area (Å²) < 4.78 is 2.31. The van der Waals surface area contributed by atoms with Crippen molar-refractivity contribution in [1.29, 1.82) is 0 Å². The molecule has 2 rings (SSSR count). The minimum atomic E-state index is 0.713. The fourth-order valence-electron chi connectivity index (χ4n) is 2.00. The van der Waals surface area contributed by atoms with Gasteiger partial charge in [-0.05, 0) is 38.3 Å². The first kappa shape index (κ1) is 12.4.